The van der Waals surface area contributed by atoms with E-state index in [2.05, 4.69) is 10.3 Å². The zero-order chi connectivity index (χ0) is 13.8. The van der Waals surface area contributed by atoms with Crippen LogP contribution in [0.3, 0.4) is 0 Å². The van der Waals surface area contributed by atoms with Gasteiger partial charge in [-0.2, -0.15) is 5.26 Å². The first-order valence-electron chi connectivity index (χ1n) is 5.61. The molecule has 1 aliphatic heterocycles. The van der Waals surface area contributed by atoms with Crippen LogP contribution in [-0.2, 0) is 15.9 Å². The second kappa shape index (κ2) is 5.77. The topological polar surface area (TPSA) is 109 Å². The summed E-state index contributed by atoms with van der Waals surface area (Å²) in [5.41, 5.74) is 0. The van der Waals surface area contributed by atoms with Crippen molar-refractivity contribution >= 4 is 22.8 Å². The van der Waals surface area contributed by atoms with E-state index >= 15 is 0 Å². The number of likely N-dealkylation sites (tertiary alicyclic amines) is 1. The average molecular weight is 279 g/mol. The highest BCUT2D eigenvalue weighted by Gasteiger charge is 2.27. The Morgan fingerprint density at radius 3 is 2.95 bits per heavy atom. The number of pyridine rings is 1. The lowest BCUT2D eigenvalue weighted by atomic mass is 10.1. The van der Waals surface area contributed by atoms with Crippen LogP contribution in [0.5, 0.6) is 0 Å². The summed E-state index contributed by atoms with van der Waals surface area (Å²) < 4.78 is 21.3. The molecular formula is C11H11N4O3S-. The molecule has 0 saturated carbocycles. The Kier molecular flexibility index (Phi) is 4.09. The van der Waals surface area contributed by atoms with Gasteiger partial charge in [-0.25, -0.2) is 4.98 Å². The predicted molar refractivity (Wildman–Crippen MR) is 65.3 cm³/mol. The Hall–Kier alpha value is -1.98. The molecule has 2 heterocycles. The van der Waals surface area contributed by atoms with Gasteiger partial charge < -0.3 is 14.8 Å². The standard InChI is InChI=1S/C11H12N4O3S/c12-7-15-4-3-8(6-15)11(16)14-10-2-1-9(5-13-10)19(17)18/h1-2,5,8H,3-4,6H2,(H,17,18)(H,13,14,16)/p-1/t8-/m0/s1. The lowest BCUT2D eigenvalue weighted by Crippen LogP contribution is -2.25. The summed E-state index contributed by atoms with van der Waals surface area (Å²) in [4.78, 5) is 17.3. The molecule has 1 fully saturated rings. The Morgan fingerprint density at radius 1 is 1.63 bits per heavy atom. The summed E-state index contributed by atoms with van der Waals surface area (Å²) in [5, 5.41) is 11.3. The Morgan fingerprint density at radius 2 is 2.42 bits per heavy atom. The summed E-state index contributed by atoms with van der Waals surface area (Å²) in [6.07, 6.45) is 3.80. The van der Waals surface area contributed by atoms with Crippen LogP contribution in [0.2, 0.25) is 0 Å². The molecule has 0 aliphatic carbocycles. The van der Waals surface area contributed by atoms with E-state index in [1.54, 1.807) is 0 Å². The minimum absolute atomic E-state index is 0.0644. The summed E-state index contributed by atoms with van der Waals surface area (Å²) >= 11 is -2.33. The third-order valence-electron chi connectivity index (χ3n) is 2.88. The minimum Gasteiger partial charge on any atom is -0.768 e. The largest absolute Gasteiger partial charge is 0.768 e. The molecule has 1 amide bonds. The molecule has 0 spiro atoms. The third-order valence-corrected chi connectivity index (χ3v) is 3.51. The number of nitriles is 1. The quantitative estimate of drug-likeness (QED) is 0.619. The van der Waals surface area contributed by atoms with Gasteiger partial charge in [-0.3, -0.25) is 9.00 Å². The van der Waals surface area contributed by atoms with E-state index in [0.717, 1.165) is 0 Å². The van der Waals surface area contributed by atoms with E-state index < -0.39 is 11.1 Å². The first-order valence-corrected chi connectivity index (χ1v) is 6.68. The molecule has 0 bridgehead atoms. The van der Waals surface area contributed by atoms with Crippen LogP contribution in [0.15, 0.2) is 23.2 Å². The normalized spacial score (nSPS) is 19.8. The average Bonchev–Trinajstić information content (AvgIpc) is 2.88. The van der Waals surface area contributed by atoms with Gasteiger partial charge in [-0.1, -0.05) is 0 Å². The van der Waals surface area contributed by atoms with Gasteiger partial charge in [0.25, 0.3) is 0 Å². The summed E-state index contributed by atoms with van der Waals surface area (Å²) in [6, 6.07) is 2.79. The molecule has 2 rings (SSSR count). The van der Waals surface area contributed by atoms with Crippen LogP contribution in [0.1, 0.15) is 6.42 Å². The van der Waals surface area contributed by atoms with Gasteiger partial charge in [0.15, 0.2) is 6.19 Å². The second-order valence-corrected chi connectivity index (χ2v) is 5.08. The zero-order valence-electron chi connectivity index (χ0n) is 9.91. The van der Waals surface area contributed by atoms with E-state index in [4.69, 9.17) is 5.26 Å². The summed E-state index contributed by atoms with van der Waals surface area (Å²) in [5.74, 6) is -0.148. The Balaban J connectivity index is 1.96. The van der Waals surface area contributed by atoms with Crippen molar-refractivity contribution in [2.24, 2.45) is 5.92 Å². The van der Waals surface area contributed by atoms with Gasteiger partial charge in [-0.05, 0) is 29.6 Å². The molecule has 100 valence electrons. The second-order valence-electron chi connectivity index (χ2n) is 4.13. The third kappa shape index (κ3) is 3.27. The molecule has 1 unspecified atom stereocenters. The summed E-state index contributed by atoms with van der Waals surface area (Å²) in [7, 11) is 0. The monoisotopic (exact) mass is 279 g/mol. The smallest absolute Gasteiger partial charge is 0.230 e. The fourth-order valence-electron chi connectivity index (χ4n) is 1.85. The number of hydrogen-bond donors (Lipinski definition) is 1. The highest BCUT2D eigenvalue weighted by Crippen LogP contribution is 2.17. The maximum absolute atomic E-state index is 11.9. The van der Waals surface area contributed by atoms with Crippen molar-refractivity contribution < 1.29 is 13.6 Å². The predicted octanol–water partition coefficient (Wildman–Crippen LogP) is 0.0611. The Bertz CT molecular complexity index is 540. The lowest BCUT2D eigenvalue weighted by Gasteiger charge is -2.11. The first-order chi connectivity index (χ1) is 9.10. The van der Waals surface area contributed by atoms with Crippen LogP contribution >= 0.6 is 0 Å². The molecule has 1 saturated heterocycles. The number of hydrogen-bond acceptors (Lipinski definition) is 6. The van der Waals surface area contributed by atoms with E-state index in [-0.39, 0.29) is 16.7 Å². The number of aromatic nitrogens is 1. The fourth-order valence-corrected chi connectivity index (χ4v) is 2.16. The van der Waals surface area contributed by atoms with Crippen molar-refractivity contribution in [3.05, 3.63) is 18.3 Å². The van der Waals surface area contributed by atoms with Gasteiger partial charge in [-0.15, -0.1) is 0 Å². The van der Waals surface area contributed by atoms with Crippen molar-refractivity contribution in [3.8, 4) is 6.19 Å². The molecule has 7 nitrogen and oxygen atoms in total. The van der Waals surface area contributed by atoms with Crippen LogP contribution in [-0.4, -0.2) is 37.6 Å². The highest BCUT2D eigenvalue weighted by atomic mass is 32.2. The fraction of sp³-hybridized carbons (Fsp3) is 0.364. The van der Waals surface area contributed by atoms with Gasteiger partial charge in [0.2, 0.25) is 5.91 Å². The molecular weight excluding hydrogens is 268 g/mol. The van der Waals surface area contributed by atoms with E-state index in [9.17, 15) is 13.6 Å². The van der Waals surface area contributed by atoms with Gasteiger partial charge >= 0.3 is 0 Å². The number of anilines is 1. The van der Waals surface area contributed by atoms with Crippen molar-refractivity contribution in [3.63, 3.8) is 0 Å². The molecule has 1 aromatic rings. The molecule has 2 atom stereocenters. The van der Waals surface area contributed by atoms with E-state index in [0.29, 0.717) is 25.3 Å². The zero-order valence-corrected chi connectivity index (χ0v) is 10.7. The number of carbonyl (C=O) groups is 1. The molecule has 1 N–H and O–H groups in total. The number of carbonyl (C=O) groups excluding carboxylic acids is 1. The van der Waals surface area contributed by atoms with Crippen LogP contribution in [0.25, 0.3) is 0 Å². The van der Waals surface area contributed by atoms with Gasteiger partial charge in [0.1, 0.15) is 5.82 Å². The number of nitrogens with zero attached hydrogens (tertiary/aromatic N) is 3. The van der Waals surface area contributed by atoms with Crippen LogP contribution < -0.4 is 5.32 Å². The van der Waals surface area contributed by atoms with Crippen molar-refractivity contribution in [2.75, 3.05) is 18.4 Å². The number of rotatable bonds is 3. The van der Waals surface area contributed by atoms with Crippen molar-refractivity contribution in [1.82, 2.24) is 9.88 Å². The SMILES string of the molecule is N#CN1CC[C@H](C(=O)Nc2ccc(S(=O)[O-])cn2)C1. The molecule has 19 heavy (non-hydrogen) atoms. The number of amides is 1. The molecule has 0 radical (unpaired) electrons. The maximum Gasteiger partial charge on any atom is 0.230 e. The number of nitrogens with one attached hydrogen (secondary N) is 1. The van der Waals surface area contributed by atoms with Crippen molar-refractivity contribution in [1.29, 1.82) is 5.26 Å². The van der Waals surface area contributed by atoms with Crippen molar-refractivity contribution in [2.45, 2.75) is 11.3 Å². The summed E-state index contributed by atoms with van der Waals surface area (Å²) in [6.45, 7) is 0.987. The molecule has 8 heteroatoms. The minimum atomic E-state index is -2.33. The molecule has 0 aromatic carbocycles. The first kappa shape index (κ1) is 13.5. The van der Waals surface area contributed by atoms with Crippen LogP contribution in [0, 0.1) is 17.4 Å². The Labute approximate surface area is 112 Å². The molecule has 1 aliphatic rings. The lowest BCUT2D eigenvalue weighted by molar-refractivity contribution is -0.119. The van der Waals surface area contributed by atoms with E-state index in [1.165, 1.54) is 23.2 Å². The van der Waals surface area contributed by atoms with E-state index in [1.807, 2.05) is 6.19 Å². The van der Waals surface area contributed by atoms with Gasteiger partial charge in [0.05, 0.1) is 5.92 Å². The molecule has 1 aromatic heterocycles. The maximum atomic E-state index is 11.9. The van der Waals surface area contributed by atoms with Crippen LogP contribution in [0.4, 0.5) is 5.82 Å². The highest BCUT2D eigenvalue weighted by molar-refractivity contribution is 7.79. The van der Waals surface area contributed by atoms with Gasteiger partial charge in [0, 0.05) is 24.2 Å².